The average molecular weight is 388 g/mol. The van der Waals surface area contributed by atoms with Gasteiger partial charge in [0.15, 0.2) is 0 Å². The fourth-order valence-electron chi connectivity index (χ4n) is 2.67. The topological polar surface area (TPSA) is 199 Å². The average Bonchev–Trinajstić information content (AvgIpc) is 3.07. The van der Waals surface area contributed by atoms with Crippen molar-refractivity contribution in [2.24, 2.45) is 5.73 Å². The maximum Gasteiger partial charge on any atom is 0.326 e. The van der Waals surface area contributed by atoms with E-state index in [2.05, 4.69) is 10.6 Å². The lowest BCUT2D eigenvalue weighted by Gasteiger charge is -2.26. The van der Waals surface area contributed by atoms with Gasteiger partial charge in [0.25, 0.3) is 0 Å². The van der Waals surface area contributed by atoms with Crippen LogP contribution in [0.5, 0.6) is 0 Å². The normalized spacial score (nSPS) is 19.7. The number of hydrogen-bond acceptors (Lipinski definition) is 7. The Bertz CT molecular complexity index is 611. The smallest absolute Gasteiger partial charge is 0.326 e. The minimum Gasteiger partial charge on any atom is -0.481 e. The maximum atomic E-state index is 12.4. The monoisotopic (exact) mass is 388 g/mol. The Morgan fingerprint density at radius 2 is 1.78 bits per heavy atom. The quantitative estimate of drug-likeness (QED) is 0.236. The lowest BCUT2D eigenvalue weighted by molar-refractivity contribution is -0.149. The molecule has 0 bridgehead atoms. The van der Waals surface area contributed by atoms with Crippen LogP contribution >= 0.6 is 0 Å². The van der Waals surface area contributed by atoms with E-state index in [0.29, 0.717) is 12.8 Å². The van der Waals surface area contributed by atoms with Crippen LogP contribution in [0.15, 0.2) is 0 Å². The third-order valence-electron chi connectivity index (χ3n) is 4.10. The molecule has 0 spiro atoms. The van der Waals surface area contributed by atoms with Crippen LogP contribution in [0, 0.1) is 0 Å². The molecule has 4 atom stereocenters. The Morgan fingerprint density at radius 3 is 2.30 bits per heavy atom. The molecule has 1 rings (SSSR count). The molecule has 12 heteroatoms. The van der Waals surface area contributed by atoms with Crippen molar-refractivity contribution in [3.63, 3.8) is 0 Å². The molecule has 1 aliphatic rings. The van der Waals surface area contributed by atoms with Gasteiger partial charge in [0.05, 0.1) is 19.1 Å². The molecule has 0 radical (unpaired) electrons. The van der Waals surface area contributed by atoms with Gasteiger partial charge < -0.3 is 36.6 Å². The summed E-state index contributed by atoms with van der Waals surface area (Å²) in [5, 5.41) is 31.4. The van der Waals surface area contributed by atoms with E-state index in [1.807, 2.05) is 0 Å². The first-order chi connectivity index (χ1) is 12.6. The number of amides is 3. The number of aliphatic hydroxyl groups is 1. The molecule has 0 saturated carbocycles. The Hall–Kier alpha value is -2.73. The van der Waals surface area contributed by atoms with E-state index < -0.39 is 66.9 Å². The Morgan fingerprint density at radius 1 is 1.15 bits per heavy atom. The van der Waals surface area contributed by atoms with E-state index in [9.17, 15) is 29.1 Å². The van der Waals surface area contributed by atoms with Gasteiger partial charge in [-0.2, -0.15) is 0 Å². The lowest BCUT2D eigenvalue weighted by atomic mass is 10.1. The van der Waals surface area contributed by atoms with Crippen LogP contribution in [0.2, 0.25) is 0 Å². The first-order valence-corrected chi connectivity index (χ1v) is 8.30. The second kappa shape index (κ2) is 9.83. The molecule has 27 heavy (non-hydrogen) atoms. The Kier molecular flexibility index (Phi) is 8.12. The minimum absolute atomic E-state index is 0.250. The number of aliphatic hydroxyl groups excluding tert-OH is 1. The zero-order chi connectivity index (χ0) is 20.7. The highest BCUT2D eigenvalue weighted by Crippen LogP contribution is 2.18. The van der Waals surface area contributed by atoms with E-state index in [4.69, 9.17) is 15.9 Å². The first-order valence-electron chi connectivity index (χ1n) is 8.30. The summed E-state index contributed by atoms with van der Waals surface area (Å²) in [4.78, 5) is 59.2. The van der Waals surface area contributed by atoms with Crippen LogP contribution in [-0.4, -0.2) is 87.2 Å². The molecule has 1 fully saturated rings. The van der Waals surface area contributed by atoms with Crippen molar-refractivity contribution >= 4 is 29.7 Å². The number of carbonyl (C=O) groups excluding carboxylic acids is 3. The summed E-state index contributed by atoms with van der Waals surface area (Å²) in [5.41, 5.74) is 5.37. The van der Waals surface area contributed by atoms with Crippen LogP contribution in [-0.2, 0) is 24.0 Å². The van der Waals surface area contributed by atoms with Gasteiger partial charge in [-0.3, -0.25) is 19.2 Å². The number of rotatable bonds is 9. The zero-order valence-corrected chi connectivity index (χ0v) is 14.8. The van der Waals surface area contributed by atoms with Gasteiger partial charge >= 0.3 is 11.9 Å². The number of hydrogen-bond donors (Lipinski definition) is 6. The van der Waals surface area contributed by atoms with Crippen molar-refractivity contribution in [2.75, 3.05) is 13.2 Å². The number of likely N-dealkylation sites (tertiary alicyclic amines) is 1. The fraction of sp³-hybridized carbons (Fsp3) is 0.667. The Balaban J connectivity index is 2.66. The van der Waals surface area contributed by atoms with Gasteiger partial charge in [0.2, 0.25) is 17.7 Å². The van der Waals surface area contributed by atoms with Gasteiger partial charge in [-0.1, -0.05) is 0 Å². The molecule has 4 unspecified atom stereocenters. The van der Waals surface area contributed by atoms with E-state index in [1.54, 1.807) is 0 Å². The molecule has 1 heterocycles. The molecule has 7 N–H and O–H groups in total. The summed E-state index contributed by atoms with van der Waals surface area (Å²) in [6.45, 7) is 0.795. The molecular weight excluding hydrogens is 364 g/mol. The zero-order valence-electron chi connectivity index (χ0n) is 14.8. The first kappa shape index (κ1) is 22.3. The summed E-state index contributed by atoms with van der Waals surface area (Å²) < 4.78 is 0. The number of nitrogens with one attached hydrogen (secondary N) is 2. The largest absolute Gasteiger partial charge is 0.481 e. The molecule has 0 aromatic heterocycles. The molecule has 0 aromatic rings. The highest BCUT2D eigenvalue weighted by Gasteiger charge is 2.36. The third kappa shape index (κ3) is 6.18. The number of aliphatic carboxylic acids is 2. The van der Waals surface area contributed by atoms with Crippen molar-refractivity contribution in [3.05, 3.63) is 0 Å². The predicted octanol–water partition coefficient (Wildman–Crippen LogP) is -3.15. The van der Waals surface area contributed by atoms with Gasteiger partial charge in [0, 0.05) is 6.54 Å². The van der Waals surface area contributed by atoms with Crippen molar-refractivity contribution in [3.8, 4) is 0 Å². The van der Waals surface area contributed by atoms with E-state index in [1.165, 1.54) is 6.92 Å². The van der Waals surface area contributed by atoms with Crippen molar-refractivity contribution < 1.29 is 39.3 Å². The predicted molar refractivity (Wildman–Crippen MR) is 89.2 cm³/mol. The molecule has 3 amide bonds. The second-order valence-electron chi connectivity index (χ2n) is 6.21. The van der Waals surface area contributed by atoms with Crippen LogP contribution in [0.3, 0.4) is 0 Å². The molecule has 152 valence electrons. The maximum absolute atomic E-state index is 12.4. The van der Waals surface area contributed by atoms with Gasteiger partial charge in [-0.05, 0) is 19.8 Å². The minimum atomic E-state index is -1.44. The van der Waals surface area contributed by atoms with Gasteiger partial charge in [-0.25, -0.2) is 4.79 Å². The molecule has 12 nitrogen and oxygen atoms in total. The fourth-order valence-corrected chi connectivity index (χ4v) is 2.67. The molecule has 0 aromatic carbocycles. The highest BCUT2D eigenvalue weighted by molar-refractivity contribution is 5.94. The van der Waals surface area contributed by atoms with Gasteiger partial charge in [-0.15, -0.1) is 0 Å². The third-order valence-corrected chi connectivity index (χ3v) is 4.10. The summed E-state index contributed by atoms with van der Waals surface area (Å²) in [6.07, 6.45) is 0.185. The lowest BCUT2D eigenvalue weighted by Crippen LogP contribution is -2.57. The van der Waals surface area contributed by atoms with E-state index in [0.717, 1.165) is 4.90 Å². The van der Waals surface area contributed by atoms with Crippen LogP contribution < -0.4 is 16.4 Å². The van der Waals surface area contributed by atoms with E-state index in [-0.39, 0.29) is 6.54 Å². The van der Waals surface area contributed by atoms with Crippen LogP contribution in [0.25, 0.3) is 0 Å². The van der Waals surface area contributed by atoms with Crippen molar-refractivity contribution in [1.82, 2.24) is 15.5 Å². The molecule has 1 saturated heterocycles. The SMILES string of the molecule is CC(NC(=O)C(CO)NC(=O)C(N)CC(=O)O)C(=O)N1CCCC1C(=O)O. The number of nitrogens with two attached hydrogens (primary N) is 1. The number of nitrogens with zero attached hydrogens (tertiary/aromatic N) is 1. The molecule has 0 aliphatic carbocycles. The summed E-state index contributed by atoms with van der Waals surface area (Å²) in [6, 6.07) is -4.90. The number of carbonyl (C=O) groups is 5. The summed E-state index contributed by atoms with van der Waals surface area (Å²) >= 11 is 0. The van der Waals surface area contributed by atoms with Crippen molar-refractivity contribution in [2.45, 2.75) is 50.4 Å². The van der Waals surface area contributed by atoms with E-state index >= 15 is 0 Å². The summed E-state index contributed by atoms with van der Waals surface area (Å²) in [7, 11) is 0. The standard InChI is InChI=1S/C15H24N4O8/c1-7(14(25)19-4-2-3-10(19)15(26)27)17-13(24)9(6-20)18-12(23)8(16)5-11(21)22/h7-10,20H,2-6,16H2,1H3,(H,17,24)(H,18,23)(H,21,22)(H,26,27). The molecular formula is C15H24N4O8. The highest BCUT2D eigenvalue weighted by atomic mass is 16.4. The Labute approximate surface area is 154 Å². The number of carboxylic acid groups (broad SMARTS) is 2. The van der Waals surface area contributed by atoms with Gasteiger partial charge in [0.1, 0.15) is 18.1 Å². The van der Waals surface area contributed by atoms with Crippen molar-refractivity contribution in [1.29, 1.82) is 0 Å². The van der Waals surface area contributed by atoms with Crippen LogP contribution in [0.1, 0.15) is 26.2 Å². The molecule has 1 aliphatic heterocycles. The van der Waals surface area contributed by atoms with Crippen LogP contribution in [0.4, 0.5) is 0 Å². The second-order valence-corrected chi connectivity index (χ2v) is 6.21. The summed E-state index contributed by atoms with van der Waals surface area (Å²) in [5.74, 6) is -4.87. The number of carboxylic acids is 2.